The molecule has 0 radical (unpaired) electrons. The molecule has 0 atom stereocenters. The van der Waals surface area contributed by atoms with Crippen molar-refractivity contribution in [3.63, 3.8) is 0 Å². The van der Waals surface area contributed by atoms with Gasteiger partial charge >= 0.3 is 0 Å². The van der Waals surface area contributed by atoms with Crippen molar-refractivity contribution in [1.29, 1.82) is 0 Å². The van der Waals surface area contributed by atoms with Crippen molar-refractivity contribution in [3.8, 4) is 10.6 Å². The molecule has 0 spiro atoms. The summed E-state index contributed by atoms with van der Waals surface area (Å²) in [6, 6.07) is 7.61. The second-order valence-corrected chi connectivity index (χ2v) is 6.06. The van der Waals surface area contributed by atoms with Gasteiger partial charge in [-0.05, 0) is 18.6 Å². The van der Waals surface area contributed by atoms with Crippen LogP contribution < -0.4 is 0 Å². The smallest absolute Gasteiger partial charge is 0.253 e. The normalized spacial score (nSPS) is 10.6. The van der Waals surface area contributed by atoms with Gasteiger partial charge in [-0.3, -0.25) is 4.79 Å². The first-order chi connectivity index (χ1) is 10.2. The minimum atomic E-state index is 0.0654. The average Bonchev–Trinajstić information content (AvgIpc) is 3.01. The third-order valence-electron chi connectivity index (χ3n) is 3.26. The Morgan fingerprint density at radius 2 is 2.05 bits per heavy atom. The predicted molar refractivity (Wildman–Crippen MR) is 89.0 cm³/mol. The van der Waals surface area contributed by atoms with E-state index in [9.17, 15) is 4.79 Å². The zero-order valence-corrected chi connectivity index (χ0v) is 13.9. The van der Waals surface area contributed by atoms with Crippen LogP contribution in [-0.2, 0) is 5.88 Å². The van der Waals surface area contributed by atoms with E-state index in [1.165, 1.54) is 0 Å². The summed E-state index contributed by atoms with van der Waals surface area (Å²) in [4.78, 5) is 18.5. The van der Waals surface area contributed by atoms with Crippen LogP contribution >= 0.6 is 22.9 Å². The zero-order valence-electron chi connectivity index (χ0n) is 12.3. The number of unbranched alkanes of at least 4 members (excludes halogenated alkanes) is 1. The summed E-state index contributed by atoms with van der Waals surface area (Å²) in [5.74, 6) is 0.491. The zero-order chi connectivity index (χ0) is 15.2. The lowest BCUT2D eigenvalue weighted by molar-refractivity contribution is 0.0793. The molecule has 1 amide bonds. The summed E-state index contributed by atoms with van der Waals surface area (Å²) < 4.78 is 0. The first-order valence-electron chi connectivity index (χ1n) is 7.02. The van der Waals surface area contributed by atoms with Crippen LogP contribution in [-0.4, -0.2) is 29.4 Å². The molecule has 0 N–H and O–H groups in total. The number of thiazole rings is 1. The summed E-state index contributed by atoms with van der Waals surface area (Å²) in [5, 5.41) is 2.89. The van der Waals surface area contributed by atoms with Crippen molar-refractivity contribution in [1.82, 2.24) is 9.88 Å². The number of carbonyl (C=O) groups is 1. The van der Waals surface area contributed by atoms with Crippen molar-refractivity contribution < 1.29 is 4.79 Å². The molecule has 0 unspecified atom stereocenters. The van der Waals surface area contributed by atoms with Crippen molar-refractivity contribution in [2.24, 2.45) is 0 Å². The Hall–Kier alpha value is -1.39. The van der Waals surface area contributed by atoms with Gasteiger partial charge in [0, 0.05) is 30.1 Å². The molecule has 0 bridgehead atoms. The Balaban J connectivity index is 2.09. The second kappa shape index (κ2) is 7.57. The molecule has 1 aromatic carbocycles. The molecule has 21 heavy (non-hydrogen) atoms. The lowest BCUT2D eigenvalue weighted by Crippen LogP contribution is -2.27. The molecular weight excluding hydrogens is 304 g/mol. The molecule has 0 aliphatic rings. The highest BCUT2D eigenvalue weighted by atomic mass is 35.5. The first-order valence-corrected chi connectivity index (χ1v) is 8.43. The van der Waals surface area contributed by atoms with E-state index in [1.54, 1.807) is 16.2 Å². The number of carbonyl (C=O) groups excluding carboxylic acids is 1. The lowest BCUT2D eigenvalue weighted by atomic mass is 10.1. The fourth-order valence-electron chi connectivity index (χ4n) is 1.97. The summed E-state index contributed by atoms with van der Waals surface area (Å²) in [6.07, 6.45) is 2.12. The van der Waals surface area contributed by atoms with Gasteiger partial charge in [0.05, 0.1) is 11.6 Å². The Morgan fingerprint density at radius 1 is 1.33 bits per heavy atom. The largest absolute Gasteiger partial charge is 0.342 e. The van der Waals surface area contributed by atoms with E-state index in [0.717, 1.165) is 35.7 Å². The third kappa shape index (κ3) is 4.05. The Bertz CT molecular complexity index is 595. The van der Waals surface area contributed by atoms with Gasteiger partial charge in [-0.25, -0.2) is 4.98 Å². The number of halogens is 1. The molecule has 0 saturated carbocycles. The van der Waals surface area contributed by atoms with Gasteiger partial charge in [0.2, 0.25) is 0 Å². The van der Waals surface area contributed by atoms with Crippen LogP contribution in [0.15, 0.2) is 29.6 Å². The Morgan fingerprint density at radius 3 is 2.62 bits per heavy atom. The van der Waals surface area contributed by atoms with Crippen LogP contribution in [0.5, 0.6) is 0 Å². The predicted octanol–water partition coefficient (Wildman–Crippen LogP) is 4.42. The Labute approximate surface area is 134 Å². The quantitative estimate of drug-likeness (QED) is 0.737. The van der Waals surface area contributed by atoms with Gasteiger partial charge < -0.3 is 4.90 Å². The van der Waals surface area contributed by atoms with Gasteiger partial charge in [0.25, 0.3) is 5.91 Å². The molecule has 1 heterocycles. The number of aromatic nitrogens is 1. The summed E-state index contributed by atoms with van der Waals surface area (Å²) in [5.41, 5.74) is 2.62. The third-order valence-corrected chi connectivity index (χ3v) is 4.48. The van der Waals surface area contributed by atoms with Gasteiger partial charge in [0.15, 0.2) is 0 Å². The van der Waals surface area contributed by atoms with E-state index in [2.05, 4.69) is 11.9 Å². The van der Waals surface area contributed by atoms with Crippen molar-refractivity contribution in [2.75, 3.05) is 13.6 Å². The van der Waals surface area contributed by atoms with E-state index in [1.807, 2.05) is 36.7 Å². The fourth-order valence-corrected chi connectivity index (χ4v) is 3.03. The van der Waals surface area contributed by atoms with Crippen LogP contribution in [0.25, 0.3) is 10.6 Å². The van der Waals surface area contributed by atoms with Crippen molar-refractivity contribution in [3.05, 3.63) is 40.9 Å². The average molecular weight is 323 g/mol. The molecule has 0 saturated heterocycles. The molecule has 0 aliphatic carbocycles. The van der Waals surface area contributed by atoms with Gasteiger partial charge in [-0.1, -0.05) is 25.5 Å². The molecule has 0 aliphatic heterocycles. The number of hydrogen-bond donors (Lipinski definition) is 0. The molecule has 1 aromatic heterocycles. The molecule has 112 valence electrons. The standard InChI is InChI=1S/C16H19ClN2OS/c1-3-4-9-19(2)16(20)13-7-5-12(6-8-13)15-18-14(10-17)11-21-15/h5-8,11H,3-4,9-10H2,1-2H3. The maximum absolute atomic E-state index is 12.2. The van der Waals surface area contributed by atoms with Crippen LogP contribution in [0.2, 0.25) is 0 Å². The maximum Gasteiger partial charge on any atom is 0.253 e. The molecule has 5 heteroatoms. The SMILES string of the molecule is CCCCN(C)C(=O)c1ccc(-c2nc(CCl)cs2)cc1. The number of hydrogen-bond acceptors (Lipinski definition) is 3. The second-order valence-electron chi connectivity index (χ2n) is 4.94. The summed E-state index contributed by atoms with van der Waals surface area (Å²) in [6.45, 7) is 2.92. The van der Waals surface area contributed by atoms with Gasteiger partial charge in [-0.15, -0.1) is 22.9 Å². The van der Waals surface area contributed by atoms with E-state index in [-0.39, 0.29) is 5.91 Å². The van der Waals surface area contributed by atoms with Gasteiger partial charge in [-0.2, -0.15) is 0 Å². The molecule has 2 rings (SSSR count). The number of amides is 1. The maximum atomic E-state index is 12.2. The number of nitrogens with zero attached hydrogens (tertiary/aromatic N) is 2. The van der Waals surface area contributed by atoms with E-state index < -0.39 is 0 Å². The topological polar surface area (TPSA) is 33.2 Å². The van der Waals surface area contributed by atoms with Crippen LogP contribution in [0.3, 0.4) is 0 Å². The van der Waals surface area contributed by atoms with Crippen molar-refractivity contribution >= 4 is 28.8 Å². The minimum absolute atomic E-state index is 0.0654. The Kier molecular flexibility index (Phi) is 5.76. The monoisotopic (exact) mass is 322 g/mol. The van der Waals surface area contributed by atoms with Crippen molar-refractivity contribution in [2.45, 2.75) is 25.6 Å². The van der Waals surface area contributed by atoms with E-state index in [0.29, 0.717) is 11.4 Å². The lowest BCUT2D eigenvalue weighted by Gasteiger charge is -2.16. The number of alkyl halides is 1. The summed E-state index contributed by atoms with van der Waals surface area (Å²) in [7, 11) is 1.85. The minimum Gasteiger partial charge on any atom is -0.342 e. The highest BCUT2D eigenvalue weighted by Gasteiger charge is 2.11. The van der Waals surface area contributed by atoms with Crippen LogP contribution in [0.4, 0.5) is 0 Å². The molecule has 2 aromatic rings. The molecule has 3 nitrogen and oxygen atoms in total. The number of benzene rings is 1. The number of rotatable bonds is 6. The summed E-state index contributed by atoms with van der Waals surface area (Å²) >= 11 is 7.33. The van der Waals surface area contributed by atoms with E-state index in [4.69, 9.17) is 11.6 Å². The highest BCUT2D eigenvalue weighted by Crippen LogP contribution is 2.24. The molecular formula is C16H19ClN2OS. The van der Waals surface area contributed by atoms with Gasteiger partial charge in [0.1, 0.15) is 5.01 Å². The molecule has 0 fully saturated rings. The fraction of sp³-hybridized carbons (Fsp3) is 0.375. The first kappa shape index (κ1) is 16.0. The van der Waals surface area contributed by atoms with E-state index >= 15 is 0 Å². The van der Waals surface area contributed by atoms with Crippen LogP contribution in [0.1, 0.15) is 35.8 Å². The van der Waals surface area contributed by atoms with Crippen LogP contribution in [0, 0.1) is 0 Å². The highest BCUT2D eigenvalue weighted by molar-refractivity contribution is 7.13.